The van der Waals surface area contributed by atoms with Crippen molar-refractivity contribution in [1.82, 2.24) is 0 Å². The maximum absolute atomic E-state index is 5.47. The van der Waals surface area contributed by atoms with Crippen LogP contribution in [0.5, 0.6) is 0 Å². The second-order valence-corrected chi connectivity index (χ2v) is 2.73. The topological polar surface area (TPSA) is 9.23 Å². The summed E-state index contributed by atoms with van der Waals surface area (Å²) in [6, 6.07) is 0. The Labute approximate surface area is 76.1 Å². The molecule has 0 aliphatic carbocycles. The van der Waals surface area contributed by atoms with Gasteiger partial charge in [-0.25, -0.2) is 0 Å². The largest absolute Gasteiger partial charge is 0.374 e. The normalized spacial score (nSPS) is 13.5. The van der Waals surface area contributed by atoms with Gasteiger partial charge in [0, 0.05) is 6.61 Å². The van der Waals surface area contributed by atoms with Gasteiger partial charge in [0.2, 0.25) is 0 Å². The summed E-state index contributed by atoms with van der Waals surface area (Å²) in [6.07, 6.45) is 9.70. The third kappa shape index (κ3) is 6.17. The fourth-order valence-corrected chi connectivity index (χ4v) is 0.995. The minimum Gasteiger partial charge on any atom is -0.374 e. The fourth-order valence-electron chi connectivity index (χ4n) is 0.995. The van der Waals surface area contributed by atoms with Crippen molar-refractivity contribution in [2.24, 2.45) is 0 Å². The molecule has 0 aromatic carbocycles. The Morgan fingerprint density at radius 1 is 1.42 bits per heavy atom. The van der Waals surface area contributed by atoms with Gasteiger partial charge in [-0.1, -0.05) is 31.6 Å². The number of hydrogen-bond acceptors (Lipinski definition) is 1. The van der Waals surface area contributed by atoms with Crippen LogP contribution < -0.4 is 0 Å². The minimum absolute atomic E-state index is 0.235. The molecule has 0 saturated heterocycles. The Morgan fingerprint density at radius 3 is 2.67 bits per heavy atom. The summed E-state index contributed by atoms with van der Waals surface area (Å²) in [7, 11) is 0. The lowest BCUT2D eigenvalue weighted by Gasteiger charge is -2.09. The third-order valence-electron chi connectivity index (χ3n) is 1.59. The molecule has 0 spiro atoms. The lowest BCUT2D eigenvalue weighted by atomic mass is 10.2. The first-order valence-corrected chi connectivity index (χ1v) is 4.74. The molecule has 0 fully saturated rings. The van der Waals surface area contributed by atoms with Crippen LogP contribution in [0.3, 0.4) is 0 Å². The van der Waals surface area contributed by atoms with E-state index < -0.39 is 0 Å². The second-order valence-electron chi connectivity index (χ2n) is 2.73. The van der Waals surface area contributed by atoms with E-state index in [9.17, 15) is 0 Å². The van der Waals surface area contributed by atoms with Gasteiger partial charge in [0.05, 0.1) is 6.10 Å². The molecule has 0 N–H and O–H groups in total. The molecular weight excluding hydrogens is 148 g/mol. The number of allylic oxidation sites excluding steroid dienone is 1. The van der Waals surface area contributed by atoms with E-state index in [4.69, 9.17) is 4.74 Å². The minimum atomic E-state index is 0.235. The van der Waals surface area contributed by atoms with E-state index in [1.54, 1.807) is 0 Å². The highest BCUT2D eigenvalue weighted by molar-refractivity contribution is 4.92. The van der Waals surface area contributed by atoms with Gasteiger partial charge in [-0.05, 0) is 19.8 Å². The van der Waals surface area contributed by atoms with Crippen LogP contribution in [0.15, 0.2) is 24.8 Å². The molecule has 0 amide bonds. The molecule has 12 heavy (non-hydrogen) atoms. The molecule has 0 rings (SSSR count). The van der Waals surface area contributed by atoms with Gasteiger partial charge < -0.3 is 4.74 Å². The Bertz CT molecular complexity index is 127. The molecular formula is C11H20O. The smallest absolute Gasteiger partial charge is 0.0789 e. The molecule has 0 aromatic rings. The van der Waals surface area contributed by atoms with E-state index in [0.717, 1.165) is 19.4 Å². The van der Waals surface area contributed by atoms with Gasteiger partial charge in [-0.15, -0.1) is 6.58 Å². The molecule has 0 aliphatic rings. The summed E-state index contributed by atoms with van der Waals surface area (Å²) in [5.41, 5.74) is 0. The zero-order valence-corrected chi connectivity index (χ0v) is 8.25. The van der Waals surface area contributed by atoms with E-state index in [0.29, 0.717) is 0 Å². The van der Waals surface area contributed by atoms with Gasteiger partial charge in [-0.3, -0.25) is 0 Å². The fraction of sp³-hybridized carbons (Fsp3) is 0.636. The Kier molecular flexibility index (Phi) is 8.14. The molecule has 0 radical (unpaired) electrons. The van der Waals surface area contributed by atoms with Crippen molar-refractivity contribution < 1.29 is 4.74 Å². The standard InChI is InChI=1S/C11H20O/c1-4-7-8-10-11(9-5-2)12-6-3/h5,8,10-11H,2,4,6-7,9H2,1,3H3/b10-8+. The average molecular weight is 168 g/mol. The highest BCUT2D eigenvalue weighted by atomic mass is 16.5. The SMILES string of the molecule is C=CCC(/C=C/CCC)OCC. The molecule has 0 saturated carbocycles. The first-order valence-electron chi connectivity index (χ1n) is 4.74. The zero-order valence-electron chi connectivity index (χ0n) is 8.25. The number of unbranched alkanes of at least 4 members (excludes halogenated alkanes) is 1. The van der Waals surface area contributed by atoms with Crippen LogP contribution in [-0.2, 0) is 4.74 Å². The molecule has 0 bridgehead atoms. The van der Waals surface area contributed by atoms with Gasteiger partial charge >= 0.3 is 0 Å². The first kappa shape index (κ1) is 11.4. The molecule has 0 aromatic heterocycles. The number of ether oxygens (including phenoxy) is 1. The summed E-state index contributed by atoms with van der Waals surface area (Å²) >= 11 is 0. The summed E-state index contributed by atoms with van der Waals surface area (Å²) in [5.74, 6) is 0. The zero-order chi connectivity index (χ0) is 9.23. The van der Waals surface area contributed by atoms with Gasteiger partial charge in [0.25, 0.3) is 0 Å². The van der Waals surface area contributed by atoms with Crippen LogP contribution in [0.1, 0.15) is 33.1 Å². The van der Waals surface area contributed by atoms with Crippen LogP contribution in [0.2, 0.25) is 0 Å². The van der Waals surface area contributed by atoms with Crippen molar-refractivity contribution in [3.63, 3.8) is 0 Å². The van der Waals surface area contributed by atoms with E-state index in [-0.39, 0.29) is 6.10 Å². The van der Waals surface area contributed by atoms with Crippen molar-refractivity contribution in [2.45, 2.75) is 39.2 Å². The lowest BCUT2D eigenvalue weighted by molar-refractivity contribution is 0.0984. The van der Waals surface area contributed by atoms with Crippen LogP contribution in [0, 0.1) is 0 Å². The molecule has 70 valence electrons. The van der Waals surface area contributed by atoms with Crippen LogP contribution in [-0.4, -0.2) is 12.7 Å². The van der Waals surface area contributed by atoms with Crippen LogP contribution in [0.4, 0.5) is 0 Å². The third-order valence-corrected chi connectivity index (χ3v) is 1.59. The molecule has 1 atom stereocenters. The molecule has 1 unspecified atom stereocenters. The summed E-state index contributed by atoms with van der Waals surface area (Å²) in [5, 5.41) is 0. The number of hydrogen-bond donors (Lipinski definition) is 0. The van der Waals surface area contributed by atoms with Crippen LogP contribution in [0.25, 0.3) is 0 Å². The lowest BCUT2D eigenvalue weighted by Crippen LogP contribution is -2.07. The monoisotopic (exact) mass is 168 g/mol. The van der Waals surface area contributed by atoms with Crippen molar-refractivity contribution in [3.8, 4) is 0 Å². The predicted octanol–water partition coefficient (Wildman–Crippen LogP) is 3.32. The second kappa shape index (κ2) is 8.54. The van der Waals surface area contributed by atoms with Crippen molar-refractivity contribution in [2.75, 3.05) is 6.61 Å². The maximum Gasteiger partial charge on any atom is 0.0789 e. The average Bonchev–Trinajstić information content (AvgIpc) is 2.06. The van der Waals surface area contributed by atoms with Gasteiger partial charge in [0.15, 0.2) is 0 Å². The molecule has 0 aliphatic heterocycles. The van der Waals surface area contributed by atoms with E-state index in [1.807, 2.05) is 13.0 Å². The quantitative estimate of drug-likeness (QED) is 0.530. The van der Waals surface area contributed by atoms with E-state index in [2.05, 4.69) is 25.7 Å². The molecule has 1 nitrogen and oxygen atoms in total. The maximum atomic E-state index is 5.47. The van der Waals surface area contributed by atoms with Crippen molar-refractivity contribution in [3.05, 3.63) is 24.8 Å². The summed E-state index contributed by atoms with van der Waals surface area (Å²) in [6.45, 7) is 8.66. The summed E-state index contributed by atoms with van der Waals surface area (Å²) < 4.78 is 5.47. The van der Waals surface area contributed by atoms with Crippen molar-refractivity contribution in [1.29, 1.82) is 0 Å². The van der Waals surface area contributed by atoms with E-state index in [1.165, 1.54) is 6.42 Å². The van der Waals surface area contributed by atoms with Gasteiger partial charge in [0.1, 0.15) is 0 Å². The summed E-state index contributed by atoms with van der Waals surface area (Å²) in [4.78, 5) is 0. The van der Waals surface area contributed by atoms with Crippen LogP contribution >= 0.6 is 0 Å². The Morgan fingerprint density at radius 2 is 2.17 bits per heavy atom. The van der Waals surface area contributed by atoms with Crippen molar-refractivity contribution >= 4 is 0 Å². The van der Waals surface area contributed by atoms with E-state index >= 15 is 0 Å². The highest BCUT2D eigenvalue weighted by Crippen LogP contribution is 2.02. The first-order chi connectivity index (χ1) is 5.85. The number of rotatable bonds is 7. The molecule has 0 heterocycles. The molecule has 1 heteroatoms. The Hall–Kier alpha value is -0.560. The Balaban J connectivity index is 3.67. The predicted molar refractivity (Wildman–Crippen MR) is 54.3 cm³/mol. The van der Waals surface area contributed by atoms with Gasteiger partial charge in [-0.2, -0.15) is 0 Å². The highest BCUT2D eigenvalue weighted by Gasteiger charge is 1.98.